The normalized spacial score (nSPS) is 14.6. The molecule has 1 fully saturated rings. The van der Waals surface area contributed by atoms with E-state index in [9.17, 15) is 19.3 Å². The molecule has 2 aromatic carbocycles. The lowest BCUT2D eigenvalue weighted by Crippen LogP contribution is -2.26. The Hall–Kier alpha value is -5.50. The van der Waals surface area contributed by atoms with Crippen LogP contribution in [0.4, 0.5) is 20.2 Å². The Kier molecular flexibility index (Phi) is 7.36. The standard InChI is InChI=1S/C31H30F2N12/c1-18-22(6-5-7-25(18)44-17-38-41-43-44)28(24-15-45(42-40-24)31(8-9-31)29(32)33)39-21-10-19(12-34)26-23(11-21)27(20(13-35)14-36-26)37-16-30(2,3)4/h5-7,10-11,14-15,17,28-29,39H,8-9,16H2,1-4H3,(H,36,37). The van der Waals surface area contributed by atoms with Crippen molar-refractivity contribution in [2.75, 3.05) is 17.2 Å². The van der Waals surface area contributed by atoms with Crippen molar-refractivity contribution in [2.24, 2.45) is 5.41 Å². The molecule has 0 radical (unpaired) electrons. The molecule has 1 atom stereocenters. The molecule has 6 rings (SSSR count). The van der Waals surface area contributed by atoms with Crippen molar-refractivity contribution < 1.29 is 8.78 Å². The molecule has 0 spiro atoms. The van der Waals surface area contributed by atoms with Gasteiger partial charge in [-0.15, -0.1) is 10.2 Å². The van der Waals surface area contributed by atoms with Gasteiger partial charge < -0.3 is 10.6 Å². The molecule has 1 unspecified atom stereocenters. The molecule has 0 amide bonds. The second-order valence-corrected chi connectivity index (χ2v) is 12.4. The summed E-state index contributed by atoms with van der Waals surface area (Å²) in [6, 6.07) is 12.9. The Morgan fingerprint density at radius 2 is 1.87 bits per heavy atom. The summed E-state index contributed by atoms with van der Waals surface area (Å²) in [7, 11) is 0. The lowest BCUT2D eigenvalue weighted by atomic mass is 9.95. The summed E-state index contributed by atoms with van der Waals surface area (Å²) in [5, 5.41) is 47.5. The highest BCUT2D eigenvalue weighted by Crippen LogP contribution is 2.48. The SMILES string of the molecule is Cc1c(C(Nc2cc(C#N)c3ncc(C#N)c(NCC(C)(C)C)c3c2)c2cn(C3(C(F)F)CC3)nn2)cccc1-n1cnnn1. The Labute approximate surface area is 257 Å². The number of alkyl halides is 2. The number of aromatic nitrogens is 8. The molecule has 2 N–H and O–H groups in total. The number of nitriles is 2. The summed E-state index contributed by atoms with van der Waals surface area (Å²) in [4.78, 5) is 4.44. The molecule has 0 bridgehead atoms. The Bertz CT molecular complexity index is 1960. The molecular formula is C31H30F2N12. The van der Waals surface area contributed by atoms with Gasteiger partial charge in [0.2, 0.25) is 0 Å². The van der Waals surface area contributed by atoms with Crippen molar-refractivity contribution >= 4 is 22.3 Å². The lowest BCUT2D eigenvalue weighted by molar-refractivity contribution is 0.0593. The number of tetrazole rings is 1. The number of fused-ring (bicyclic) bond motifs is 1. The number of nitrogens with zero attached hydrogens (tertiary/aromatic N) is 10. The first-order valence-corrected chi connectivity index (χ1v) is 14.4. The van der Waals surface area contributed by atoms with Crippen LogP contribution in [0.3, 0.4) is 0 Å². The number of nitrogens with one attached hydrogen (secondary N) is 2. The van der Waals surface area contributed by atoms with E-state index in [2.05, 4.69) is 74.4 Å². The van der Waals surface area contributed by atoms with Gasteiger partial charge in [0, 0.05) is 23.8 Å². The van der Waals surface area contributed by atoms with Crippen LogP contribution in [0.1, 0.15) is 67.6 Å². The van der Waals surface area contributed by atoms with E-state index in [4.69, 9.17) is 0 Å². The summed E-state index contributed by atoms with van der Waals surface area (Å²) < 4.78 is 30.8. The molecule has 228 valence electrons. The third kappa shape index (κ3) is 5.51. The monoisotopic (exact) mass is 608 g/mol. The predicted molar refractivity (Wildman–Crippen MR) is 162 cm³/mol. The van der Waals surface area contributed by atoms with E-state index < -0.39 is 18.0 Å². The van der Waals surface area contributed by atoms with Gasteiger partial charge >= 0.3 is 0 Å². The molecule has 14 heteroatoms. The van der Waals surface area contributed by atoms with Crippen LogP contribution in [-0.4, -0.2) is 53.2 Å². The number of pyridine rings is 1. The molecule has 5 aromatic rings. The highest BCUT2D eigenvalue weighted by Gasteiger charge is 2.54. The van der Waals surface area contributed by atoms with E-state index in [1.165, 1.54) is 21.9 Å². The second kappa shape index (κ2) is 11.2. The van der Waals surface area contributed by atoms with Gasteiger partial charge in [0.05, 0.1) is 40.3 Å². The first-order valence-electron chi connectivity index (χ1n) is 14.4. The van der Waals surface area contributed by atoms with E-state index in [-0.39, 0.29) is 5.41 Å². The third-order valence-electron chi connectivity index (χ3n) is 8.00. The summed E-state index contributed by atoms with van der Waals surface area (Å²) in [5.74, 6) is 0. The van der Waals surface area contributed by atoms with E-state index >= 15 is 0 Å². The summed E-state index contributed by atoms with van der Waals surface area (Å²) in [6.45, 7) is 8.71. The van der Waals surface area contributed by atoms with Gasteiger partial charge in [0.1, 0.15) is 29.7 Å². The molecule has 45 heavy (non-hydrogen) atoms. The van der Waals surface area contributed by atoms with Crippen molar-refractivity contribution in [3.8, 4) is 17.8 Å². The van der Waals surface area contributed by atoms with Crippen LogP contribution in [0.5, 0.6) is 0 Å². The highest BCUT2D eigenvalue weighted by atomic mass is 19.3. The van der Waals surface area contributed by atoms with Crippen molar-refractivity contribution in [1.82, 2.24) is 40.2 Å². The Balaban J connectivity index is 1.50. The van der Waals surface area contributed by atoms with Crippen molar-refractivity contribution in [2.45, 2.75) is 58.5 Å². The smallest absolute Gasteiger partial charge is 0.263 e. The molecular weight excluding hydrogens is 578 g/mol. The fourth-order valence-electron chi connectivity index (χ4n) is 5.35. The minimum absolute atomic E-state index is 0.0908. The quantitative estimate of drug-likeness (QED) is 0.226. The molecule has 0 saturated heterocycles. The van der Waals surface area contributed by atoms with Crippen molar-refractivity contribution in [3.63, 3.8) is 0 Å². The average molecular weight is 609 g/mol. The van der Waals surface area contributed by atoms with Gasteiger partial charge in [-0.1, -0.05) is 38.1 Å². The topological polar surface area (TPSA) is 159 Å². The van der Waals surface area contributed by atoms with Gasteiger partial charge in [0.15, 0.2) is 0 Å². The third-order valence-corrected chi connectivity index (χ3v) is 8.00. The van der Waals surface area contributed by atoms with Crippen LogP contribution in [-0.2, 0) is 5.54 Å². The van der Waals surface area contributed by atoms with Crippen LogP contribution in [0.25, 0.3) is 16.6 Å². The number of anilines is 2. The maximum absolute atomic E-state index is 14.0. The summed E-state index contributed by atoms with van der Waals surface area (Å²) in [6.07, 6.45) is 2.55. The van der Waals surface area contributed by atoms with E-state index in [0.29, 0.717) is 58.5 Å². The van der Waals surface area contributed by atoms with Crippen molar-refractivity contribution in [3.05, 3.63) is 77.0 Å². The van der Waals surface area contributed by atoms with Gasteiger partial charge in [-0.3, -0.25) is 4.98 Å². The molecule has 1 saturated carbocycles. The first kappa shape index (κ1) is 29.6. The summed E-state index contributed by atoms with van der Waals surface area (Å²) >= 11 is 0. The summed E-state index contributed by atoms with van der Waals surface area (Å²) in [5.41, 5.74) is 3.47. The molecule has 12 nitrogen and oxygen atoms in total. The van der Waals surface area contributed by atoms with Crippen LogP contribution >= 0.6 is 0 Å². The number of benzene rings is 2. The molecule has 0 aliphatic heterocycles. The highest BCUT2D eigenvalue weighted by molar-refractivity contribution is 5.99. The van der Waals surface area contributed by atoms with E-state index in [0.717, 1.165) is 16.8 Å². The molecule has 3 heterocycles. The Morgan fingerprint density at radius 3 is 2.51 bits per heavy atom. The van der Waals surface area contributed by atoms with Crippen LogP contribution < -0.4 is 10.6 Å². The van der Waals surface area contributed by atoms with Crippen LogP contribution in [0, 0.1) is 35.0 Å². The minimum atomic E-state index is -2.58. The van der Waals surface area contributed by atoms with Crippen molar-refractivity contribution in [1.29, 1.82) is 10.5 Å². The fourth-order valence-corrected chi connectivity index (χ4v) is 5.35. The maximum atomic E-state index is 14.0. The van der Waals surface area contributed by atoms with E-state index in [1.807, 2.05) is 31.2 Å². The molecule has 1 aliphatic carbocycles. The minimum Gasteiger partial charge on any atom is -0.383 e. The fraction of sp³-hybridized carbons (Fsp3) is 0.355. The largest absolute Gasteiger partial charge is 0.383 e. The number of hydrogen-bond acceptors (Lipinski definition) is 10. The Morgan fingerprint density at radius 1 is 1.09 bits per heavy atom. The van der Waals surface area contributed by atoms with Gasteiger partial charge in [0.25, 0.3) is 6.43 Å². The van der Waals surface area contributed by atoms with Gasteiger partial charge in [-0.25, -0.2) is 18.1 Å². The second-order valence-electron chi connectivity index (χ2n) is 12.4. The van der Waals surface area contributed by atoms with Crippen LogP contribution in [0.2, 0.25) is 0 Å². The zero-order valence-corrected chi connectivity index (χ0v) is 25.1. The molecule has 1 aliphatic rings. The van der Waals surface area contributed by atoms with Gasteiger partial charge in [-0.2, -0.15) is 10.5 Å². The first-order chi connectivity index (χ1) is 21.5. The number of hydrogen-bond donors (Lipinski definition) is 2. The maximum Gasteiger partial charge on any atom is 0.263 e. The molecule has 3 aromatic heterocycles. The number of halogens is 2. The van der Waals surface area contributed by atoms with Gasteiger partial charge in [-0.05, 0) is 64.9 Å². The predicted octanol–water partition coefficient (Wildman–Crippen LogP) is 5.27. The lowest BCUT2D eigenvalue weighted by Gasteiger charge is -2.23. The van der Waals surface area contributed by atoms with E-state index in [1.54, 1.807) is 12.3 Å². The zero-order valence-electron chi connectivity index (χ0n) is 25.1. The van der Waals surface area contributed by atoms with Crippen LogP contribution in [0.15, 0.2) is 49.1 Å². The zero-order chi connectivity index (χ0) is 31.9. The average Bonchev–Trinajstić information content (AvgIpc) is 3.39. The number of rotatable bonds is 9.